The van der Waals surface area contributed by atoms with E-state index in [9.17, 15) is 9.59 Å². The van der Waals surface area contributed by atoms with Gasteiger partial charge >= 0.3 is 12.0 Å². The first kappa shape index (κ1) is 19.0. The standard InChI is InChI=1S/C19H21ClN4O3/c1-13-3-2-4-14(9-13)11-22-19(27)24-7-5-23(6-8-24)17-16(20)10-15(12-21-17)18(25)26/h2-4,9-10,12H,5-8,11H2,1H3,(H,22,27)(H,25,26). The van der Waals surface area contributed by atoms with E-state index >= 15 is 0 Å². The van der Waals surface area contributed by atoms with Crippen LogP contribution in [0.2, 0.25) is 5.02 Å². The highest BCUT2D eigenvalue weighted by molar-refractivity contribution is 6.33. The van der Waals surface area contributed by atoms with E-state index in [1.54, 1.807) is 4.90 Å². The van der Waals surface area contributed by atoms with Crippen LogP contribution in [-0.4, -0.2) is 53.2 Å². The Labute approximate surface area is 162 Å². The summed E-state index contributed by atoms with van der Waals surface area (Å²) in [5.74, 6) is -0.521. The van der Waals surface area contributed by atoms with Crippen LogP contribution in [0, 0.1) is 6.92 Å². The Morgan fingerprint density at radius 2 is 1.96 bits per heavy atom. The minimum atomic E-state index is -1.06. The maximum absolute atomic E-state index is 12.4. The number of hydrogen-bond donors (Lipinski definition) is 2. The predicted octanol–water partition coefficient (Wildman–Crippen LogP) is 2.77. The van der Waals surface area contributed by atoms with Crippen LogP contribution in [0.4, 0.5) is 10.6 Å². The summed E-state index contributed by atoms with van der Waals surface area (Å²) in [6.07, 6.45) is 1.30. The van der Waals surface area contributed by atoms with Crippen LogP contribution < -0.4 is 10.2 Å². The molecule has 0 unspecified atom stereocenters. The molecule has 1 aromatic carbocycles. The molecule has 1 aliphatic rings. The van der Waals surface area contributed by atoms with E-state index in [0.717, 1.165) is 11.1 Å². The van der Waals surface area contributed by atoms with Crippen molar-refractivity contribution in [3.05, 3.63) is 58.2 Å². The van der Waals surface area contributed by atoms with Gasteiger partial charge in [0, 0.05) is 38.9 Å². The molecular formula is C19H21ClN4O3. The molecule has 0 atom stereocenters. The summed E-state index contributed by atoms with van der Waals surface area (Å²) >= 11 is 6.18. The van der Waals surface area contributed by atoms with Crippen LogP contribution in [0.5, 0.6) is 0 Å². The molecule has 1 fully saturated rings. The molecule has 1 aromatic heterocycles. The van der Waals surface area contributed by atoms with Gasteiger partial charge in [-0.2, -0.15) is 0 Å². The molecule has 142 valence electrons. The molecule has 0 bridgehead atoms. The van der Waals surface area contributed by atoms with Gasteiger partial charge in [0.1, 0.15) is 5.82 Å². The van der Waals surface area contributed by atoms with Gasteiger partial charge in [-0.05, 0) is 18.6 Å². The maximum atomic E-state index is 12.4. The van der Waals surface area contributed by atoms with Gasteiger partial charge < -0.3 is 20.2 Å². The van der Waals surface area contributed by atoms with Crippen LogP contribution in [0.3, 0.4) is 0 Å². The maximum Gasteiger partial charge on any atom is 0.337 e. The van der Waals surface area contributed by atoms with Crippen molar-refractivity contribution < 1.29 is 14.7 Å². The zero-order valence-electron chi connectivity index (χ0n) is 15.0. The van der Waals surface area contributed by atoms with E-state index in [-0.39, 0.29) is 11.6 Å². The molecule has 0 saturated carbocycles. The molecule has 2 aromatic rings. The van der Waals surface area contributed by atoms with Crippen molar-refractivity contribution in [3.63, 3.8) is 0 Å². The fourth-order valence-corrected chi connectivity index (χ4v) is 3.30. The monoisotopic (exact) mass is 388 g/mol. The molecule has 1 aliphatic heterocycles. The number of rotatable bonds is 4. The second-order valence-corrected chi connectivity index (χ2v) is 6.86. The first-order chi connectivity index (χ1) is 12.9. The number of piperazine rings is 1. The van der Waals surface area contributed by atoms with Gasteiger partial charge in [0.25, 0.3) is 0 Å². The lowest BCUT2D eigenvalue weighted by molar-refractivity contribution is 0.0696. The predicted molar refractivity (Wildman–Crippen MR) is 103 cm³/mol. The third-order valence-corrected chi connectivity index (χ3v) is 4.74. The van der Waals surface area contributed by atoms with Gasteiger partial charge in [-0.15, -0.1) is 0 Å². The molecule has 0 spiro atoms. The lowest BCUT2D eigenvalue weighted by atomic mass is 10.1. The number of nitrogens with one attached hydrogen (secondary N) is 1. The van der Waals surface area contributed by atoms with E-state index in [1.807, 2.05) is 36.1 Å². The normalized spacial score (nSPS) is 14.1. The Hall–Kier alpha value is -2.80. The number of carboxylic acids is 1. The summed E-state index contributed by atoms with van der Waals surface area (Å²) in [7, 11) is 0. The summed E-state index contributed by atoms with van der Waals surface area (Å²) < 4.78 is 0. The van der Waals surface area contributed by atoms with Crippen LogP contribution in [0.15, 0.2) is 36.5 Å². The minimum absolute atomic E-state index is 0.0536. The molecule has 2 amide bonds. The molecule has 8 heteroatoms. The first-order valence-electron chi connectivity index (χ1n) is 8.66. The van der Waals surface area contributed by atoms with Crippen LogP contribution in [0.25, 0.3) is 0 Å². The average molecular weight is 389 g/mol. The van der Waals surface area contributed by atoms with Crippen LogP contribution >= 0.6 is 11.6 Å². The number of aromatic nitrogens is 1. The number of aryl methyl sites for hydroxylation is 1. The number of anilines is 1. The van der Waals surface area contributed by atoms with Crippen molar-refractivity contribution in [2.75, 3.05) is 31.1 Å². The number of halogens is 1. The molecule has 1 saturated heterocycles. The van der Waals surface area contributed by atoms with Crippen molar-refractivity contribution in [2.45, 2.75) is 13.5 Å². The summed E-state index contributed by atoms with van der Waals surface area (Å²) in [5.41, 5.74) is 2.28. The van der Waals surface area contributed by atoms with E-state index < -0.39 is 5.97 Å². The van der Waals surface area contributed by atoms with Gasteiger partial charge in [0.15, 0.2) is 0 Å². The van der Waals surface area contributed by atoms with Gasteiger partial charge in [0.2, 0.25) is 0 Å². The first-order valence-corrected chi connectivity index (χ1v) is 9.04. The molecule has 2 N–H and O–H groups in total. The van der Waals surface area contributed by atoms with E-state index in [2.05, 4.69) is 10.3 Å². The number of urea groups is 1. The highest BCUT2D eigenvalue weighted by atomic mass is 35.5. The quantitative estimate of drug-likeness (QED) is 0.841. The molecule has 3 rings (SSSR count). The van der Waals surface area contributed by atoms with Crippen molar-refractivity contribution >= 4 is 29.4 Å². The fourth-order valence-electron chi connectivity index (χ4n) is 3.01. The topological polar surface area (TPSA) is 85.8 Å². The number of amides is 2. The Balaban J connectivity index is 1.54. The smallest absolute Gasteiger partial charge is 0.337 e. The number of carbonyl (C=O) groups is 2. The van der Waals surface area contributed by atoms with Crippen molar-refractivity contribution in [3.8, 4) is 0 Å². The third kappa shape index (κ3) is 4.68. The summed E-state index contributed by atoms with van der Waals surface area (Å²) in [5, 5.41) is 12.2. The Kier molecular flexibility index (Phi) is 5.81. The third-order valence-electron chi connectivity index (χ3n) is 4.46. The molecule has 7 nitrogen and oxygen atoms in total. The van der Waals surface area contributed by atoms with Gasteiger partial charge in [-0.1, -0.05) is 41.4 Å². The fraction of sp³-hybridized carbons (Fsp3) is 0.316. The lowest BCUT2D eigenvalue weighted by Crippen LogP contribution is -2.52. The second-order valence-electron chi connectivity index (χ2n) is 6.46. The van der Waals surface area contributed by atoms with E-state index in [4.69, 9.17) is 16.7 Å². The summed E-state index contributed by atoms with van der Waals surface area (Å²) in [6, 6.07) is 9.32. The largest absolute Gasteiger partial charge is 0.478 e. The molecule has 27 heavy (non-hydrogen) atoms. The highest BCUT2D eigenvalue weighted by Gasteiger charge is 2.23. The highest BCUT2D eigenvalue weighted by Crippen LogP contribution is 2.25. The lowest BCUT2D eigenvalue weighted by Gasteiger charge is -2.35. The van der Waals surface area contributed by atoms with Crippen LogP contribution in [-0.2, 0) is 6.54 Å². The summed E-state index contributed by atoms with van der Waals surface area (Å²) in [6.45, 7) is 4.75. The second kappa shape index (κ2) is 8.26. The summed E-state index contributed by atoms with van der Waals surface area (Å²) in [4.78, 5) is 31.2. The van der Waals surface area contributed by atoms with E-state index in [0.29, 0.717) is 43.6 Å². The SMILES string of the molecule is Cc1cccc(CNC(=O)N2CCN(c3ncc(C(=O)O)cc3Cl)CC2)c1. The van der Waals surface area contributed by atoms with Gasteiger partial charge in [-0.3, -0.25) is 0 Å². The number of benzene rings is 1. The Bertz CT molecular complexity index is 851. The molecule has 0 radical (unpaired) electrons. The molecule has 0 aliphatic carbocycles. The number of aromatic carboxylic acids is 1. The van der Waals surface area contributed by atoms with Gasteiger partial charge in [0.05, 0.1) is 10.6 Å². The van der Waals surface area contributed by atoms with Gasteiger partial charge in [-0.25, -0.2) is 14.6 Å². The number of hydrogen-bond acceptors (Lipinski definition) is 4. The van der Waals surface area contributed by atoms with Crippen molar-refractivity contribution in [2.24, 2.45) is 0 Å². The zero-order valence-corrected chi connectivity index (χ0v) is 15.7. The Morgan fingerprint density at radius 3 is 2.59 bits per heavy atom. The number of nitrogens with zero attached hydrogens (tertiary/aromatic N) is 3. The Morgan fingerprint density at radius 1 is 1.22 bits per heavy atom. The number of carbonyl (C=O) groups excluding carboxylic acids is 1. The molecular weight excluding hydrogens is 368 g/mol. The average Bonchev–Trinajstić information content (AvgIpc) is 2.66. The minimum Gasteiger partial charge on any atom is -0.478 e. The number of carboxylic acid groups (broad SMARTS) is 1. The zero-order chi connectivity index (χ0) is 19.4. The van der Waals surface area contributed by atoms with Crippen molar-refractivity contribution in [1.82, 2.24) is 15.2 Å². The number of pyridine rings is 1. The molecule has 2 heterocycles. The van der Waals surface area contributed by atoms with Crippen LogP contribution in [0.1, 0.15) is 21.5 Å². The van der Waals surface area contributed by atoms with E-state index in [1.165, 1.54) is 12.3 Å². The van der Waals surface area contributed by atoms with Crippen molar-refractivity contribution in [1.29, 1.82) is 0 Å².